The van der Waals surface area contributed by atoms with Gasteiger partial charge in [0.2, 0.25) is 0 Å². The Morgan fingerprint density at radius 1 is 1.21 bits per heavy atom. The van der Waals surface area contributed by atoms with Gasteiger partial charge in [-0.1, -0.05) is 0 Å². The molecule has 0 aliphatic rings. The van der Waals surface area contributed by atoms with E-state index in [-0.39, 0.29) is 10.2 Å². The summed E-state index contributed by atoms with van der Waals surface area (Å²) in [7, 11) is 0. The van der Waals surface area contributed by atoms with Gasteiger partial charge in [-0.05, 0) is 45.9 Å². The summed E-state index contributed by atoms with van der Waals surface area (Å²) in [5.41, 5.74) is -0.688. The molecule has 0 amide bonds. The predicted molar refractivity (Wildman–Crippen MR) is 77.3 cm³/mol. The Kier molecular flexibility index (Phi) is 4.78. The van der Waals surface area contributed by atoms with Crippen molar-refractivity contribution in [2.45, 2.75) is 16.6 Å². The zero-order valence-corrected chi connectivity index (χ0v) is 13.6. The van der Waals surface area contributed by atoms with Crippen LogP contribution in [0.1, 0.15) is 11.3 Å². The molecule has 0 radical (unpaired) electrons. The highest BCUT2D eigenvalue weighted by Gasteiger charge is 2.35. The largest absolute Gasteiger partial charge is 0.446 e. The molecule has 12 heteroatoms. The molecule has 0 unspecified atom stereocenters. The number of nitriles is 1. The summed E-state index contributed by atoms with van der Waals surface area (Å²) in [5, 5.41) is 12.5. The lowest BCUT2D eigenvalue weighted by atomic mass is 10.2. The van der Waals surface area contributed by atoms with Crippen molar-refractivity contribution in [3.05, 3.63) is 33.9 Å². The highest BCUT2D eigenvalue weighted by atomic mass is 79.9. The van der Waals surface area contributed by atoms with Crippen LogP contribution in [0.2, 0.25) is 0 Å². The molecule has 4 nitrogen and oxygen atoms in total. The number of hydrogen-bond acceptors (Lipinski definition) is 4. The van der Waals surface area contributed by atoms with Gasteiger partial charge in [-0.25, -0.2) is 4.68 Å². The molecule has 0 aliphatic heterocycles. The fraction of sp³-hybridized carbons (Fsp3) is 0.167. The maximum Gasteiger partial charge on any atom is 0.446 e. The van der Waals surface area contributed by atoms with Crippen molar-refractivity contribution in [1.29, 1.82) is 5.26 Å². The van der Waals surface area contributed by atoms with Crippen LogP contribution in [0.3, 0.4) is 0 Å². The molecule has 0 saturated heterocycles. The van der Waals surface area contributed by atoms with Gasteiger partial charge in [0.05, 0.1) is 16.1 Å². The number of alkyl halides is 6. The van der Waals surface area contributed by atoms with Crippen LogP contribution in [0.15, 0.2) is 27.6 Å². The van der Waals surface area contributed by atoms with Crippen molar-refractivity contribution in [3.8, 4) is 11.8 Å². The summed E-state index contributed by atoms with van der Waals surface area (Å²) in [4.78, 5) is -0.614. The van der Waals surface area contributed by atoms with E-state index in [0.717, 1.165) is 22.9 Å². The van der Waals surface area contributed by atoms with E-state index >= 15 is 0 Å². The molecule has 0 bridgehead atoms. The van der Waals surface area contributed by atoms with Crippen LogP contribution in [0.5, 0.6) is 0 Å². The normalized spacial score (nSPS) is 12.2. The van der Waals surface area contributed by atoms with E-state index in [1.807, 2.05) is 0 Å². The van der Waals surface area contributed by atoms with Crippen molar-refractivity contribution in [2.24, 2.45) is 0 Å². The number of anilines is 1. The van der Waals surface area contributed by atoms with Gasteiger partial charge in [-0.2, -0.15) is 36.7 Å². The summed E-state index contributed by atoms with van der Waals surface area (Å²) in [6.07, 6.45) is -4.59. The fourth-order valence-electron chi connectivity index (χ4n) is 1.74. The van der Waals surface area contributed by atoms with Gasteiger partial charge in [0.1, 0.15) is 11.9 Å². The predicted octanol–water partition coefficient (Wildman–Crippen LogP) is 4.72. The number of nitrogens with two attached hydrogens (primary N) is 1. The molecule has 0 spiro atoms. The van der Waals surface area contributed by atoms with Gasteiger partial charge < -0.3 is 5.73 Å². The number of hydrogen-bond donors (Lipinski definition) is 1. The smallest absolute Gasteiger partial charge is 0.383 e. The van der Waals surface area contributed by atoms with Crippen LogP contribution in [-0.2, 0) is 6.18 Å². The summed E-state index contributed by atoms with van der Waals surface area (Å²) in [6.45, 7) is 0. The van der Waals surface area contributed by atoms with Crippen molar-refractivity contribution in [3.63, 3.8) is 0 Å². The van der Waals surface area contributed by atoms with E-state index < -0.39 is 45.4 Å². The molecule has 0 fully saturated rings. The first-order chi connectivity index (χ1) is 10.9. The monoisotopic (exact) mass is 430 g/mol. The van der Waals surface area contributed by atoms with E-state index in [1.54, 1.807) is 0 Å². The van der Waals surface area contributed by atoms with Gasteiger partial charge in [0.25, 0.3) is 0 Å². The van der Waals surface area contributed by atoms with E-state index in [9.17, 15) is 26.3 Å². The highest BCUT2D eigenvalue weighted by molar-refractivity contribution is 9.10. The minimum Gasteiger partial charge on any atom is -0.383 e. The minimum atomic E-state index is -4.70. The Morgan fingerprint density at radius 2 is 1.83 bits per heavy atom. The number of rotatable bonds is 2. The van der Waals surface area contributed by atoms with Gasteiger partial charge in [-0.3, -0.25) is 0 Å². The zero-order valence-electron chi connectivity index (χ0n) is 11.2. The molecule has 24 heavy (non-hydrogen) atoms. The second-order valence-corrected chi connectivity index (χ2v) is 6.23. The third-order valence-electron chi connectivity index (χ3n) is 2.70. The molecule has 0 aliphatic carbocycles. The van der Waals surface area contributed by atoms with E-state index in [4.69, 9.17) is 11.0 Å². The maximum absolute atomic E-state index is 12.7. The SMILES string of the molecule is N#Cc1nn(-c2ccc(C(F)(F)F)cc2Br)c(N)c1SC(F)(F)F. The van der Waals surface area contributed by atoms with Crippen LogP contribution in [-0.4, -0.2) is 15.3 Å². The first kappa shape index (κ1) is 18.5. The Morgan fingerprint density at radius 3 is 2.29 bits per heavy atom. The number of thioether (sulfide) groups is 1. The Labute approximate surface area is 143 Å². The average Bonchev–Trinajstić information content (AvgIpc) is 2.73. The van der Waals surface area contributed by atoms with Gasteiger partial charge >= 0.3 is 11.7 Å². The molecule has 1 aromatic heterocycles. The molecule has 2 aromatic rings. The average molecular weight is 431 g/mol. The number of halogens is 7. The van der Waals surface area contributed by atoms with Crippen molar-refractivity contribution in [1.82, 2.24) is 9.78 Å². The summed E-state index contributed by atoms with van der Waals surface area (Å²) >= 11 is 2.28. The lowest BCUT2D eigenvalue weighted by Crippen LogP contribution is -2.08. The summed E-state index contributed by atoms with van der Waals surface area (Å²) < 4.78 is 76.2. The van der Waals surface area contributed by atoms with Crippen molar-refractivity contribution in [2.75, 3.05) is 5.73 Å². The Bertz CT molecular complexity index is 821. The summed E-state index contributed by atoms with van der Waals surface area (Å²) in [5.74, 6) is -0.505. The van der Waals surface area contributed by atoms with E-state index in [0.29, 0.717) is 0 Å². The maximum atomic E-state index is 12.7. The molecular weight excluding hydrogens is 426 g/mol. The molecule has 1 aromatic carbocycles. The second-order valence-electron chi connectivity index (χ2n) is 4.30. The molecule has 2 N–H and O–H groups in total. The zero-order chi connectivity index (χ0) is 18.3. The second kappa shape index (κ2) is 6.21. The van der Waals surface area contributed by atoms with Crippen LogP contribution >= 0.6 is 27.7 Å². The first-order valence-corrected chi connectivity index (χ1v) is 7.46. The number of aromatic nitrogens is 2. The van der Waals surface area contributed by atoms with Gasteiger partial charge in [0, 0.05) is 4.47 Å². The molecule has 0 saturated carbocycles. The minimum absolute atomic E-state index is 0.0361. The van der Waals surface area contributed by atoms with E-state index in [2.05, 4.69) is 21.0 Å². The molecule has 2 rings (SSSR count). The molecule has 1 heterocycles. The number of nitrogen functional groups attached to an aromatic ring is 1. The van der Waals surface area contributed by atoms with Gasteiger partial charge in [0.15, 0.2) is 5.69 Å². The number of benzene rings is 1. The standard InChI is InChI=1S/C12H5BrF6N4S/c13-6-3-5(11(14,15)16)1-2-8(6)23-10(21)9(7(4-20)22-23)24-12(17,18)19/h1-3H,21H2. The Hall–Kier alpha value is -1.87. The topological polar surface area (TPSA) is 67.6 Å². The lowest BCUT2D eigenvalue weighted by molar-refractivity contribution is -0.137. The number of nitrogens with zero attached hydrogens (tertiary/aromatic N) is 3. The van der Waals surface area contributed by atoms with Crippen molar-refractivity contribution < 1.29 is 26.3 Å². The quantitative estimate of drug-likeness (QED) is 0.552. The lowest BCUT2D eigenvalue weighted by Gasteiger charge is -2.11. The van der Waals surface area contributed by atoms with Crippen LogP contribution < -0.4 is 5.73 Å². The molecular formula is C12H5BrF6N4S. The van der Waals surface area contributed by atoms with E-state index in [1.165, 1.54) is 6.07 Å². The third kappa shape index (κ3) is 3.78. The van der Waals surface area contributed by atoms with Crippen molar-refractivity contribution >= 4 is 33.5 Å². The first-order valence-electron chi connectivity index (χ1n) is 5.85. The molecule has 0 atom stereocenters. The fourth-order valence-corrected chi connectivity index (χ4v) is 2.90. The van der Waals surface area contributed by atoms with Gasteiger partial charge in [-0.15, -0.1) is 0 Å². The Balaban J connectivity index is 2.57. The third-order valence-corrected chi connectivity index (χ3v) is 4.18. The molecule has 128 valence electrons. The summed E-state index contributed by atoms with van der Waals surface area (Å²) in [6, 6.07) is 3.92. The van der Waals surface area contributed by atoms with Crippen LogP contribution in [0.25, 0.3) is 5.69 Å². The van der Waals surface area contributed by atoms with Crippen LogP contribution in [0.4, 0.5) is 32.2 Å². The highest BCUT2D eigenvalue weighted by Crippen LogP contribution is 2.42. The van der Waals surface area contributed by atoms with Crippen LogP contribution in [0, 0.1) is 11.3 Å².